The van der Waals surface area contributed by atoms with Gasteiger partial charge in [0.05, 0.1) is 23.9 Å². The molecule has 0 saturated heterocycles. The Labute approximate surface area is 180 Å². The van der Waals surface area contributed by atoms with E-state index in [1.807, 2.05) is 36.4 Å². The number of benzene rings is 3. The highest BCUT2D eigenvalue weighted by Gasteiger charge is 2.44. The van der Waals surface area contributed by atoms with E-state index in [4.69, 9.17) is 4.74 Å². The third-order valence-corrected chi connectivity index (χ3v) is 5.46. The van der Waals surface area contributed by atoms with Gasteiger partial charge in [0, 0.05) is 11.8 Å². The van der Waals surface area contributed by atoms with Crippen molar-refractivity contribution in [3.8, 4) is 11.5 Å². The Bertz CT molecular complexity index is 1210. The van der Waals surface area contributed by atoms with E-state index >= 15 is 0 Å². The Hall–Kier alpha value is -3.80. The van der Waals surface area contributed by atoms with E-state index in [0.29, 0.717) is 17.9 Å². The minimum atomic E-state index is -0.842. The lowest BCUT2D eigenvalue weighted by Crippen LogP contribution is -2.31. The van der Waals surface area contributed by atoms with Crippen LogP contribution in [0.4, 0.5) is 5.69 Å². The molecule has 1 heterocycles. The van der Waals surface area contributed by atoms with Gasteiger partial charge >= 0.3 is 0 Å². The number of aliphatic hydroxyl groups excluding tert-OH is 1. The van der Waals surface area contributed by atoms with Gasteiger partial charge < -0.3 is 14.9 Å². The summed E-state index contributed by atoms with van der Waals surface area (Å²) in [5.74, 6) is -1.28. The maximum atomic E-state index is 13.2. The summed E-state index contributed by atoms with van der Waals surface area (Å²) in [5, 5.41) is 22.6. The van der Waals surface area contributed by atoms with Crippen LogP contribution < -0.4 is 9.64 Å². The van der Waals surface area contributed by atoms with Crippen molar-refractivity contribution < 1.29 is 24.5 Å². The van der Waals surface area contributed by atoms with Crippen molar-refractivity contribution in [1.29, 1.82) is 0 Å². The molecule has 3 aromatic rings. The molecule has 158 valence electrons. The number of aromatic hydroxyl groups is 1. The molecule has 1 atom stereocenters. The Kier molecular flexibility index (Phi) is 5.38. The van der Waals surface area contributed by atoms with Gasteiger partial charge in [-0.15, -0.1) is 0 Å². The first-order valence-electron chi connectivity index (χ1n) is 10.2. The van der Waals surface area contributed by atoms with Crippen LogP contribution >= 0.6 is 0 Å². The number of nitrogens with zero attached hydrogens (tertiary/aromatic N) is 1. The van der Waals surface area contributed by atoms with Crippen LogP contribution in [0.15, 0.2) is 72.0 Å². The van der Waals surface area contributed by atoms with Crippen molar-refractivity contribution in [2.24, 2.45) is 0 Å². The molecule has 6 nitrogen and oxygen atoms in total. The summed E-state index contributed by atoms with van der Waals surface area (Å²) < 4.78 is 5.51. The van der Waals surface area contributed by atoms with Gasteiger partial charge in [0.1, 0.15) is 0 Å². The number of hydrogen-bond acceptors (Lipinski definition) is 5. The number of aliphatic hydroxyl groups is 1. The summed E-state index contributed by atoms with van der Waals surface area (Å²) in [5.41, 5.74) is 1.20. The van der Waals surface area contributed by atoms with Crippen LogP contribution in [0.5, 0.6) is 11.5 Å². The van der Waals surface area contributed by atoms with Crippen LogP contribution in [-0.2, 0) is 9.59 Å². The van der Waals surface area contributed by atoms with E-state index < -0.39 is 17.7 Å². The van der Waals surface area contributed by atoms with E-state index in [0.717, 1.165) is 10.8 Å². The average molecular weight is 417 g/mol. The van der Waals surface area contributed by atoms with Crippen molar-refractivity contribution in [1.82, 2.24) is 0 Å². The number of hydrogen-bond donors (Lipinski definition) is 2. The predicted octanol–water partition coefficient (Wildman–Crippen LogP) is 4.82. The van der Waals surface area contributed by atoms with E-state index in [1.54, 1.807) is 32.0 Å². The highest BCUT2D eigenvalue weighted by molar-refractivity contribution is 6.18. The maximum absolute atomic E-state index is 13.2. The number of carbonyl (C=O) groups excluding carboxylic acids is 2. The van der Waals surface area contributed by atoms with Crippen molar-refractivity contribution in [2.45, 2.75) is 26.3 Å². The zero-order valence-electron chi connectivity index (χ0n) is 17.3. The lowest BCUT2D eigenvalue weighted by atomic mass is 9.94. The molecule has 0 aliphatic carbocycles. The lowest BCUT2D eigenvalue weighted by molar-refractivity contribution is -0.118. The highest BCUT2D eigenvalue weighted by atomic mass is 16.5. The Morgan fingerprint density at radius 2 is 1.77 bits per heavy atom. The molecular formula is C25H23NO5. The van der Waals surface area contributed by atoms with Crippen molar-refractivity contribution in [2.75, 3.05) is 11.5 Å². The quantitative estimate of drug-likeness (QED) is 0.600. The minimum Gasteiger partial charge on any atom is -0.504 e. The number of fused-ring (bicyclic) bond motifs is 1. The molecule has 0 saturated carbocycles. The number of phenols is 1. The van der Waals surface area contributed by atoms with E-state index in [1.165, 1.54) is 11.0 Å². The van der Waals surface area contributed by atoms with Gasteiger partial charge in [-0.1, -0.05) is 49.4 Å². The van der Waals surface area contributed by atoms with Crippen molar-refractivity contribution in [3.63, 3.8) is 0 Å². The smallest absolute Gasteiger partial charge is 0.294 e. The SMILES string of the molecule is CCOc1cc(C2C(C(=O)CC)=C(O)C(=O)N2c2cccc3ccccc23)ccc1O. The maximum Gasteiger partial charge on any atom is 0.294 e. The summed E-state index contributed by atoms with van der Waals surface area (Å²) in [6, 6.07) is 17.1. The summed E-state index contributed by atoms with van der Waals surface area (Å²) in [7, 11) is 0. The van der Waals surface area contributed by atoms with Crippen molar-refractivity contribution >= 4 is 28.2 Å². The number of anilines is 1. The zero-order valence-corrected chi connectivity index (χ0v) is 17.3. The second kappa shape index (κ2) is 8.14. The van der Waals surface area contributed by atoms with Crippen LogP contribution in [-0.4, -0.2) is 28.5 Å². The standard InChI is InChI=1S/C25H23NO5/c1-3-19(27)22-23(16-12-13-20(28)21(14-16)31-4-2)26(25(30)24(22)29)18-11-7-9-15-8-5-6-10-17(15)18/h5-14,23,28-29H,3-4H2,1-2H3. The number of ether oxygens (including phenoxy) is 1. The van der Waals surface area contributed by atoms with Crippen LogP contribution in [0.1, 0.15) is 31.9 Å². The Morgan fingerprint density at radius 1 is 1.03 bits per heavy atom. The van der Waals surface area contributed by atoms with Crippen molar-refractivity contribution in [3.05, 3.63) is 77.6 Å². The molecule has 1 aliphatic rings. The molecule has 1 amide bonds. The van der Waals surface area contributed by atoms with E-state index in [9.17, 15) is 19.8 Å². The first-order chi connectivity index (χ1) is 15.0. The molecule has 0 aromatic heterocycles. The second-order valence-corrected chi connectivity index (χ2v) is 7.28. The molecule has 3 aromatic carbocycles. The van der Waals surface area contributed by atoms with E-state index in [-0.39, 0.29) is 29.3 Å². The summed E-state index contributed by atoms with van der Waals surface area (Å²) in [4.78, 5) is 27.5. The minimum absolute atomic E-state index is 0.0387. The molecule has 0 fully saturated rings. The Balaban J connectivity index is 1.95. The van der Waals surface area contributed by atoms with Gasteiger partial charge in [-0.05, 0) is 36.1 Å². The molecule has 1 unspecified atom stereocenters. The second-order valence-electron chi connectivity index (χ2n) is 7.28. The van der Waals surface area contributed by atoms with Crippen LogP contribution in [0.2, 0.25) is 0 Å². The lowest BCUT2D eigenvalue weighted by Gasteiger charge is -2.28. The molecular weight excluding hydrogens is 394 g/mol. The number of phenolic OH excluding ortho intramolecular Hbond substituents is 1. The van der Waals surface area contributed by atoms with Crippen LogP contribution in [0, 0.1) is 0 Å². The van der Waals surface area contributed by atoms with E-state index in [2.05, 4.69) is 0 Å². The monoisotopic (exact) mass is 417 g/mol. The molecule has 0 spiro atoms. The molecule has 2 N–H and O–H groups in total. The average Bonchev–Trinajstić information content (AvgIpc) is 3.05. The van der Waals surface area contributed by atoms with Gasteiger partial charge in [0.15, 0.2) is 23.0 Å². The fraction of sp³-hybridized carbons (Fsp3) is 0.200. The first kappa shape index (κ1) is 20.5. The highest BCUT2D eigenvalue weighted by Crippen LogP contribution is 2.45. The largest absolute Gasteiger partial charge is 0.504 e. The third kappa shape index (κ3) is 3.40. The zero-order chi connectivity index (χ0) is 22.1. The number of ketones is 1. The van der Waals surface area contributed by atoms with Crippen LogP contribution in [0.25, 0.3) is 10.8 Å². The number of Topliss-reactive ketones (excluding diaryl/α,β-unsaturated/α-hetero) is 1. The number of rotatable bonds is 6. The normalized spacial score (nSPS) is 16.3. The van der Waals surface area contributed by atoms with Gasteiger partial charge in [0.2, 0.25) is 0 Å². The fourth-order valence-corrected chi connectivity index (χ4v) is 4.03. The predicted molar refractivity (Wildman–Crippen MR) is 118 cm³/mol. The van der Waals surface area contributed by atoms with Gasteiger partial charge in [-0.2, -0.15) is 0 Å². The summed E-state index contributed by atoms with van der Waals surface area (Å²) in [6.07, 6.45) is 0.142. The fourth-order valence-electron chi connectivity index (χ4n) is 4.03. The molecule has 6 heteroatoms. The molecule has 0 radical (unpaired) electrons. The third-order valence-electron chi connectivity index (χ3n) is 5.46. The first-order valence-corrected chi connectivity index (χ1v) is 10.2. The molecule has 4 rings (SSSR count). The van der Waals surface area contributed by atoms with Crippen LogP contribution in [0.3, 0.4) is 0 Å². The van der Waals surface area contributed by atoms with Gasteiger partial charge in [-0.3, -0.25) is 14.5 Å². The topological polar surface area (TPSA) is 87.1 Å². The van der Waals surface area contributed by atoms with Gasteiger partial charge in [0.25, 0.3) is 5.91 Å². The number of amides is 1. The summed E-state index contributed by atoms with van der Waals surface area (Å²) >= 11 is 0. The Morgan fingerprint density at radius 3 is 2.52 bits per heavy atom. The van der Waals surface area contributed by atoms with Gasteiger partial charge in [-0.25, -0.2) is 0 Å². The number of carbonyl (C=O) groups is 2. The molecule has 31 heavy (non-hydrogen) atoms. The summed E-state index contributed by atoms with van der Waals surface area (Å²) in [6.45, 7) is 3.83. The molecule has 1 aliphatic heterocycles. The molecule has 0 bridgehead atoms.